The maximum absolute atomic E-state index is 12.6. The Labute approximate surface area is 193 Å². The van der Waals surface area contributed by atoms with Crippen molar-refractivity contribution in [1.82, 2.24) is 15.0 Å². The molecule has 0 bridgehead atoms. The van der Waals surface area contributed by atoms with Crippen LogP contribution >= 0.6 is 0 Å². The average Bonchev–Trinajstić information content (AvgIpc) is 3.46. The van der Waals surface area contributed by atoms with Crippen LogP contribution in [0.3, 0.4) is 0 Å². The second-order valence-electron chi connectivity index (χ2n) is 7.83. The van der Waals surface area contributed by atoms with Gasteiger partial charge in [0.05, 0.1) is 20.3 Å². The number of rotatable bonds is 10. The number of likely N-dealkylation sites (tertiary alicyclic amines) is 1. The molecule has 0 N–H and O–H groups in total. The van der Waals surface area contributed by atoms with Crippen molar-refractivity contribution in [2.45, 2.75) is 32.6 Å². The first-order valence-corrected chi connectivity index (χ1v) is 11.3. The summed E-state index contributed by atoms with van der Waals surface area (Å²) in [5.41, 5.74) is 1.88. The van der Waals surface area contributed by atoms with Crippen LogP contribution in [0.1, 0.15) is 37.6 Å². The SMILES string of the molecule is CCOc1ccc(CCN2CC(c3noc(-c4cccc(OC)c4)n3)CC2=O)cc1OCC. The van der Waals surface area contributed by atoms with Gasteiger partial charge in [-0.05, 0) is 56.2 Å². The molecule has 1 amide bonds. The number of benzene rings is 2. The Morgan fingerprint density at radius 1 is 1.09 bits per heavy atom. The van der Waals surface area contributed by atoms with Gasteiger partial charge in [0, 0.05) is 31.0 Å². The van der Waals surface area contributed by atoms with E-state index >= 15 is 0 Å². The summed E-state index contributed by atoms with van der Waals surface area (Å²) in [5, 5.41) is 4.14. The predicted molar refractivity (Wildman–Crippen MR) is 123 cm³/mol. The maximum atomic E-state index is 12.6. The van der Waals surface area contributed by atoms with Gasteiger partial charge >= 0.3 is 0 Å². The highest BCUT2D eigenvalue weighted by Crippen LogP contribution is 2.31. The summed E-state index contributed by atoms with van der Waals surface area (Å²) in [7, 11) is 1.61. The molecule has 1 aromatic heterocycles. The van der Waals surface area contributed by atoms with Crippen LogP contribution in [0.25, 0.3) is 11.5 Å². The van der Waals surface area contributed by atoms with Gasteiger partial charge in [-0.2, -0.15) is 4.98 Å². The molecular formula is C25H29N3O5. The van der Waals surface area contributed by atoms with Gasteiger partial charge in [-0.3, -0.25) is 4.79 Å². The van der Waals surface area contributed by atoms with Gasteiger partial charge < -0.3 is 23.6 Å². The summed E-state index contributed by atoms with van der Waals surface area (Å²) in [6, 6.07) is 13.4. The summed E-state index contributed by atoms with van der Waals surface area (Å²) in [6.45, 7) is 6.24. The third-order valence-electron chi connectivity index (χ3n) is 5.62. The fourth-order valence-electron chi connectivity index (χ4n) is 3.95. The van der Waals surface area contributed by atoms with Crippen LogP contribution < -0.4 is 14.2 Å². The number of hydrogen-bond donors (Lipinski definition) is 0. The molecule has 0 saturated carbocycles. The summed E-state index contributed by atoms with van der Waals surface area (Å²) in [6.07, 6.45) is 1.11. The normalized spacial score (nSPS) is 15.7. The van der Waals surface area contributed by atoms with Crippen molar-refractivity contribution in [3.8, 4) is 28.7 Å². The van der Waals surface area contributed by atoms with Crippen molar-refractivity contribution >= 4 is 5.91 Å². The number of hydrogen-bond acceptors (Lipinski definition) is 7. The molecule has 174 valence electrons. The Balaban J connectivity index is 1.39. The highest BCUT2D eigenvalue weighted by molar-refractivity contribution is 5.79. The molecule has 4 rings (SSSR count). The second-order valence-corrected chi connectivity index (χ2v) is 7.83. The number of ether oxygens (including phenoxy) is 3. The molecule has 33 heavy (non-hydrogen) atoms. The lowest BCUT2D eigenvalue weighted by molar-refractivity contribution is -0.127. The first kappa shape index (κ1) is 22.6. The molecule has 1 aliphatic heterocycles. The Bertz CT molecular complexity index is 1100. The first-order valence-electron chi connectivity index (χ1n) is 11.3. The van der Waals surface area contributed by atoms with Gasteiger partial charge in [0.2, 0.25) is 5.91 Å². The highest BCUT2D eigenvalue weighted by atomic mass is 16.5. The monoisotopic (exact) mass is 451 g/mol. The van der Waals surface area contributed by atoms with Crippen LogP contribution in [-0.2, 0) is 11.2 Å². The number of carbonyl (C=O) groups is 1. The Morgan fingerprint density at radius 2 is 1.91 bits per heavy atom. The Kier molecular flexibility index (Phi) is 7.12. The molecule has 1 aliphatic rings. The van der Waals surface area contributed by atoms with Gasteiger partial charge in [0.25, 0.3) is 5.89 Å². The van der Waals surface area contributed by atoms with E-state index in [1.165, 1.54) is 0 Å². The molecular weight excluding hydrogens is 422 g/mol. The highest BCUT2D eigenvalue weighted by Gasteiger charge is 2.33. The van der Waals surface area contributed by atoms with Crippen molar-refractivity contribution in [2.75, 3.05) is 33.4 Å². The molecule has 8 heteroatoms. The summed E-state index contributed by atoms with van der Waals surface area (Å²) < 4.78 is 22.1. The van der Waals surface area contributed by atoms with E-state index in [2.05, 4.69) is 10.1 Å². The molecule has 1 saturated heterocycles. The van der Waals surface area contributed by atoms with Crippen molar-refractivity contribution in [2.24, 2.45) is 0 Å². The van der Waals surface area contributed by atoms with Gasteiger partial charge in [-0.1, -0.05) is 17.3 Å². The zero-order valence-electron chi connectivity index (χ0n) is 19.2. The standard InChI is InChI=1S/C25H29N3O5/c1-4-31-21-10-9-17(13-22(21)32-5-2)11-12-28-16-19(15-23(28)29)24-26-25(33-27-24)18-7-6-8-20(14-18)30-3/h6-10,13-14,19H,4-5,11-12,15-16H2,1-3H3. The Hall–Kier alpha value is -3.55. The van der Waals surface area contributed by atoms with Gasteiger partial charge in [0.1, 0.15) is 5.75 Å². The quantitative estimate of drug-likeness (QED) is 0.459. The van der Waals surface area contributed by atoms with E-state index in [4.69, 9.17) is 18.7 Å². The summed E-state index contributed by atoms with van der Waals surface area (Å²) >= 11 is 0. The van der Waals surface area contributed by atoms with Crippen LogP contribution in [0.15, 0.2) is 47.0 Å². The maximum Gasteiger partial charge on any atom is 0.258 e. The molecule has 2 aromatic carbocycles. The van der Waals surface area contributed by atoms with Crippen LogP contribution in [0, 0.1) is 0 Å². The van der Waals surface area contributed by atoms with E-state index in [1.54, 1.807) is 7.11 Å². The fourth-order valence-corrected chi connectivity index (χ4v) is 3.95. The predicted octanol–water partition coefficient (Wildman–Crippen LogP) is 4.10. The first-order chi connectivity index (χ1) is 16.1. The molecule has 8 nitrogen and oxygen atoms in total. The number of aromatic nitrogens is 2. The minimum Gasteiger partial charge on any atom is -0.497 e. The van der Waals surface area contributed by atoms with Crippen LogP contribution in [0.4, 0.5) is 0 Å². The van der Waals surface area contributed by atoms with Gasteiger partial charge in [-0.15, -0.1) is 0 Å². The van der Waals surface area contributed by atoms with Crippen LogP contribution in [0.5, 0.6) is 17.2 Å². The average molecular weight is 452 g/mol. The lowest BCUT2D eigenvalue weighted by Gasteiger charge is -2.17. The second kappa shape index (κ2) is 10.4. The van der Waals surface area contributed by atoms with E-state index in [-0.39, 0.29) is 11.8 Å². The summed E-state index contributed by atoms with van der Waals surface area (Å²) in [4.78, 5) is 19.0. The Morgan fingerprint density at radius 3 is 2.70 bits per heavy atom. The zero-order chi connectivity index (χ0) is 23.2. The zero-order valence-corrected chi connectivity index (χ0v) is 19.2. The number of nitrogens with zero attached hydrogens (tertiary/aromatic N) is 3. The van der Waals surface area contributed by atoms with E-state index in [9.17, 15) is 4.79 Å². The molecule has 0 aliphatic carbocycles. The van der Waals surface area contributed by atoms with Crippen molar-refractivity contribution in [1.29, 1.82) is 0 Å². The molecule has 1 unspecified atom stereocenters. The number of methoxy groups -OCH3 is 1. The molecule has 0 radical (unpaired) electrons. The van der Waals surface area contributed by atoms with E-state index in [0.29, 0.717) is 44.4 Å². The number of carbonyl (C=O) groups excluding carboxylic acids is 1. The molecule has 3 aromatic rings. The van der Waals surface area contributed by atoms with E-state index in [0.717, 1.165) is 34.8 Å². The van der Waals surface area contributed by atoms with E-state index in [1.807, 2.05) is 61.2 Å². The minimum atomic E-state index is -0.0834. The van der Waals surface area contributed by atoms with Crippen molar-refractivity contribution in [3.05, 3.63) is 53.9 Å². The molecule has 1 atom stereocenters. The molecule has 0 spiro atoms. The molecule has 1 fully saturated rings. The van der Waals surface area contributed by atoms with Gasteiger partial charge in [-0.25, -0.2) is 0 Å². The minimum absolute atomic E-state index is 0.0834. The third kappa shape index (κ3) is 5.27. The fraction of sp³-hybridized carbons (Fsp3) is 0.400. The summed E-state index contributed by atoms with van der Waals surface area (Å²) in [5.74, 6) is 3.19. The van der Waals surface area contributed by atoms with Crippen LogP contribution in [-0.4, -0.2) is 54.4 Å². The van der Waals surface area contributed by atoms with Crippen LogP contribution in [0.2, 0.25) is 0 Å². The van der Waals surface area contributed by atoms with Crippen molar-refractivity contribution in [3.63, 3.8) is 0 Å². The van der Waals surface area contributed by atoms with E-state index < -0.39 is 0 Å². The largest absolute Gasteiger partial charge is 0.497 e. The van der Waals surface area contributed by atoms with Gasteiger partial charge in [0.15, 0.2) is 17.3 Å². The topological polar surface area (TPSA) is 86.9 Å². The third-order valence-corrected chi connectivity index (χ3v) is 5.62. The number of amides is 1. The smallest absolute Gasteiger partial charge is 0.258 e. The molecule has 2 heterocycles. The lowest BCUT2D eigenvalue weighted by atomic mass is 10.1. The van der Waals surface area contributed by atoms with Crippen molar-refractivity contribution < 1.29 is 23.5 Å². The lowest BCUT2D eigenvalue weighted by Crippen LogP contribution is -2.27.